The molecule has 6 nitrogen and oxygen atoms in total. The summed E-state index contributed by atoms with van der Waals surface area (Å²) < 4.78 is 10.1. The van der Waals surface area contributed by atoms with E-state index in [2.05, 4.69) is 19.2 Å². The molecule has 114 valence electrons. The van der Waals surface area contributed by atoms with Crippen LogP contribution in [0.25, 0.3) is 0 Å². The summed E-state index contributed by atoms with van der Waals surface area (Å²) >= 11 is 3.10. The van der Waals surface area contributed by atoms with Crippen molar-refractivity contribution in [3.05, 3.63) is 11.6 Å². The number of nitrogens with two attached hydrogens (primary N) is 1. The van der Waals surface area contributed by atoms with E-state index in [0.29, 0.717) is 5.82 Å². The Morgan fingerprint density at radius 2 is 1.95 bits per heavy atom. The molecule has 0 saturated carbocycles. The molecular weight excluding hydrogens is 306 g/mol. The van der Waals surface area contributed by atoms with Crippen LogP contribution in [0.2, 0.25) is 0 Å². The minimum absolute atomic E-state index is 0.0963. The number of nitrogen functional groups attached to an aromatic ring is 1. The van der Waals surface area contributed by atoms with Crippen molar-refractivity contribution in [3.8, 4) is 5.75 Å². The van der Waals surface area contributed by atoms with E-state index < -0.39 is 0 Å². The Bertz CT molecular complexity index is 575. The van der Waals surface area contributed by atoms with Crippen LogP contribution >= 0.6 is 22.9 Å². The zero-order chi connectivity index (χ0) is 14.8. The van der Waals surface area contributed by atoms with E-state index in [-0.39, 0.29) is 6.10 Å². The van der Waals surface area contributed by atoms with Gasteiger partial charge in [-0.25, -0.2) is 4.98 Å². The minimum Gasteiger partial charge on any atom is -0.484 e. The zero-order valence-corrected chi connectivity index (χ0v) is 13.8. The van der Waals surface area contributed by atoms with Gasteiger partial charge in [-0.2, -0.15) is 4.37 Å². The quantitative estimate of drug-likeness (QED) is 0.930. The molecule has 2 N–H and O–H groups in total. The van der Waals surface area contributed by atoms with E-state index in [9.17, 15) is 0 Å². The van der Waals surface area contributed by atoms with Crippen molar-refractivity contribution in [2.45, 2.75) is 20.0 Å². The Hall–Kier alpha value is -1.54. The van der Waals surface area contributed by atoms with Crippen LogP contribution < -0.4 is 20.3 Å². The number of rotatable bonds is 4. The molecule has 2 aromatic heterocycles. The molecule has 2 aromatic rings. The molecule has 21 heavy (non-hydrogen) atoms. The number of hydrogen-bond donors (Lipinski definition) is 1. The van der Waals surface area contributed by atoms with Crippen molar-refractivity contribution < 1.29 is 4.74 Å². The summed E-state index contributed by atoms with van der Waals surface area (Å²) in [6, 6.07) is 0. The largest absolute Gasteiger partial charge is 0.484 e. The molecule has 0 atom stereocenters. The summed E-state index contributed by atoms with van der Waals surface area (Å²) in [4.78, 5) is 8.99. The fourth-order valence-electron chi connectivity index (χ4n) is 2.31. The lowest BCUT2D eigenvalue weighted by Crippen LogP contribution is -2.46. The van der Waals surface area contributed by atoms with E-state index in [1.165, 1.54) is 11.5 Å². The van der Waals surface area contributed by atoms with Crippen LogP contribution in [0.1, 0.15) is 13.8 Å². The third-order valence-electron chi connectivity index (χ3n) is 3.27. The second-order valence-electron chi connectivity index (χ2n) is 5.16. The average molecular weight is 325 g/mol. The fourth-order valence-corrected chi connectivity index (χ4v) is 3.80. The van der Waals surface area contributed by atoms with E-state index in [1.54, 1.807) is 11.3 Å². The van der Waals surface area contributed by atoms with Crippen molar-refractivity contribution in [3.63, 3.8) is 0 Å². The molecule has 3 heterocycles. The maximum Gasteiger partial charge on any atom is 0.198 e. The number of aromatic nitrogens is 2. The van der Waals surface area contributed by atoms with Gasteiger partial charge in [0.1, 0.15) is 0 Å². The molecule has 0 aromatic carbocycles. The number of nitrogens with zero attached hydrogens (tertiary/aromatic N) is 4. The van der Waals surface area contributed by atoms with Gasteiger partial charge in [0.05, 0.1) is 6.10 Å². The Kier molecular flexibility index (Phi) is 4.16. The molecule has 1 aliphatic rings. The second kappa shape index (κ2) is 6.07. The Balaban J connectivity index is 1.69. The highest BCUT2D eigenvalue weighted by Gasteiger charge is 2.25. The molecule has 0 amide bonds. The molecule has 0 spiro atoms. The first-order valence-corrected chi connectivity index (χ1v) is 8.61. The predicted octanol–water partition coefficient (Wildman–Crippen LogP) is 2.30. The van der Waals surface area contributed by atoms with Crippen LogP contribution in [0.15, 0.2) is 11.6 Å². The highest BCUT2D eigenvalue weighted by atomic mass is 32.1. The highest BCUT2D eigenvalue weighted by Crippen LogP contribution is 2.39. The smallest absolute Gasteiger partial charge is 0.198 e. The van der Waals surface area contributed by atoms with Gasteiger partial charge in [-0.3, -0.25) is 0 Å². The van der Waals surface area contributed by atoms with E-state index >= 15 is 0 Å². The average Bonchev–Trinajstić information content (AvgIpc) is 3.10. The minimum atomic E-state index is 0.0963. The van der Waals surface area contributed by atoms with Crippen molar-refractivity contribution in [1.82, 2.24) is 9.36 Å². The number of ether oxygens (including phenoxy) is 1. The Morgan fingerprint density at radius 1 is 1.24 bits per heavy atom. The third kappa shape index (κ3) is 3.06. The van der Waals surface area contributed by atoms with Gasteiger partial charge in [0.15, 0.2) is 21.7 Å². The number of anilines is 3. The van der Waals surface area contributed by atoms with Gasteiger partial charge in [0.2, 0.25) is 0 Å². The fraction of sp³-hybridized carbons (Fsp3) is 0.538. The first-order valence-electron chi connectivity index (χ1n) is 6.96. The van der Waals surface area contributed by atoms with Crippen molar-refractivity contribution in [1.29, 1.82) is 0 Å². The van der Waals surface area contributed by atoms with Crippen LogP contribution in [-0.4, -0.2) is 41.6 Å². The molecule has 1 saturated heterocycles. The Labute approximate surface area is 132 Å². The van der Waals surface area contributed by atoms with Gasteiger partial charge in [-0.15, -0.1) is 11.3 Å². The predicted molar refractivity (Wildman–Crippen MR) is 88.8 cm³/mol. The summed E-state index contributed by atoms with van der Waals surface area (Å²) in [5.74, 6) is 1.23. The Morgan fingerprint density at radius 3 is 2.57 bits per heavy atom. The van der Waals surface area contributed by atoms with E-state index in [0.717, 1.165) is 42.1 Å². The SMILES string of the molecule is CC(C)Oc1c(N)nsc1N1CCN(c2nccs2)CC1. The molecule has 3 rings (SSSR count). The monoisotopic (exact) mass is 325 g/mol. The molecule has 0 bridgehead atoms. The topological polar surface area (TPSA) is 67.5 Å². The van der Waals surface area contributed by atoms with E-state index in [4.69, 9.17) is 10.5 Å². The first kappa shape index (κ1) is 14.4. The number of piperazine rings is 1. The molecule has 1 fully saturated rings. The summed E-state index contributed by atoms with van der Waals surface area (Å²) in [6.07, 6.45) is 1.95. The molecule has 1 aliphatic heterocycles. The van der Waals surface area contributed by atoms with Crippen LogP contribution in [0, 0.1) is 0 Å². The number of hydrogen-bond acceptors (Lipinski definition) is 8. The summed E-state index contributed by atoms with van der Waals surface area (Å²) in [5.41, 5.74) is 5.93. The maximum absolute atomic E-state index is 5.93. The van der Waals surface area contributed by atoms with Gasteiger partial charge in [0, 0.05) is 37.8 Å². The summed E-state index contributed by atoms with van der Waals surface area (Å²) in [6.45, 7) is 7.76. The van der Waals surface area contributed by atoms with Crippen molar-refractivity contribution in [2.24, 2.45) is 0 Å². The first-order chi connectivity index (χ1) is 10.1. The van der Waals surface area contributed by atoms with Crippen LogP contribution in [0.3, 0.4) is 0 Å². The lowest BCUT2D eigenvalue weighted by Gasteiger charge is -2.35. The van der Waals surface area contributed by atoms with Crippen molar-refractivity contribution in [2.75, 3.05) is 41.7 Å². The van der Waals surface area contributed by atoms with Crippen LogP contribution in [0.5, 0.6) is 5.75 Å². The van der Waals surface area contributed by atoms with Crippen LogP contribution in [-0.2, 0) is 0 Å². The van der Waals surface area contributed by atoms with Crippen LogP contribution in [0.4, 0.5) is 16.0 Å². The normalized spacial score (nSPS) is 15.8. The highest BCUT2D eigenvalue weighted by molar-refractivity contribution is 7.13. The summed E-state index contributed by atoms with van der Waals surface area (Å²) in [5, 5.41) is 4.15. The standard InChI is InChI=1S/C13H19N5OS2/c1-9(2)19-10-11(14)16-21-12(10)17-4-6-18(7-5-17)13-15-3-8-20-13/h3,8-9H,4-7H2,1-2H3,(H2,14,16). The maximum atomic E-state index is 5.93. The third-order valence-corrected chi connectivity index (χ3v) is 5.00. The molecule has 0 aliphatic carbocycles. The van der Waals surface area contributed by atoms with Gasteiger partial charge in [-0.05, 0) is 25.4 Å². The molecule has 0 unspecified atom stereocenters. The lowest BCUT2D eigenvalue weighted by molar-refractivity contribution is 0.244. The summed E-state index contributed by atoms with van der Waals surface area (Å²) in [7, 11) is 0. The molecule has 0 radical (unpaired) electrons. The molecule has 8 heteroatoms. The van der Waals surface area contributed by atoms with E-state index in [1.807, 2.05) is 25.4 Å². The van der Waals surface area contributed by atoms with Gasteiger partial charge < -0.3 is 20.3 Å². The second-order valence-corrected chi connectivity index (χ2v) is 6.78. The van der Waals surface area contributed by atoms with Gasteiger partial charge in [-0.1, -0.05) is 0 Å². The number of thiazole rings is 1. The molecular formula is C13H19N5OS2. The van der Waals surface area contributed by atoms with Gasteiger partial charge in [0.25, 0.3) is 0 Å². The lowest BCUT2D eigenvalue weighted by atomic mass is 10.3. The van der Waals surface area contributed by atoms with Crippen molar-refractivity contribution >= 4 is 38.8 Å². The van der Waals surface area contributed by atoms with Gasteiger partial charge >= 0.3 is 0 Å². The zero-order valence-electron chi connectivity index (χ0n) is 12.2.